The van der Waals surface area contributed by atoms with Crippen LogP contribution in [0.4, 0.5) is 10.1 Å². The summed E-state index contributed by atoms with van der Waals surface area (Å²) in [5.74, 6) is -0.378. The van der Waals surface area contributed by atoms with Crippen LogP contribution in [0.5, 0.6) is 11.5 Å². The van der Waals surface area contributed by atoms with E-state index in [1.54, 1.807) is 44.4 Å². The molecule has 1 fully saturated rings. The van der Waals surface area contributed by atoms with Gasteiger partial charge in [0.1, 0.15) is 11.0 Å². The molecule has 1 heterocycles. The third-order valence-corrected chi connectivity index (χ3v) is 5.45. The Hall–Kier alpha value is -3.40. The number of rotatable bonds is 6. The van der Waals surface area contributed by atoms with Crippen molar-refractivity contribution >= 4 is 40.1 Å². The fraction of sp³-hybridized carbons (Fsp3) is 0.238. The molecule has 0 bridgehead atoms. The van der Waals surface area contributed by atoms with Gasteiger partial charge in [0.2, 0.25) is 11.8 Å². The lowest BCUT2D eigenvalue weighted by atomic mass is 10.1. The van der Waals surface area contributed by atoms with Crippen molar-refractivity contribution < 1.29 is 23.5 Å². The quantitative estimate of drug-likeness (QED) is 0.526. The van der Waals surface area contributed by atoms with Gasteiger partial charge in [-0.15, -0.1) is 5.10 Å². The standard InChI is InChI=1S/C21H21FN4O4S/c1-12(13-4-9-17(30-3)16(22)10-13)25-26-21-24-19(27)11-18(31-21)20(28)23-14-5-7-15(29-2)8-6-14/h4-10,18H,11H2,1-3H3,(H,23,28)(H,24,26,27)/b25-12+. The third kappa shape index (κ3) is 5.82. The molecule has 2 aromatic carbocycles. The number of carbonyl (C=O) groups is 2. The van der Waals surface area contributed by atoms with E-state index in [1.165, 1.54) is 19.2 Å². The van der Waals surface area contributed by atoms with E-state index in [4.69, 9.17) is 9.47 Å². The molecule has 1 aliphatic rings. The fourth-order valence-electron chi connectivity index (χ4n) is 2.71. The predicted octanol–water partition coefficient (Wildman–Crippen LogP) is 3.18. The highest BCUT2D eigenvalue weighted by molar-refractivity contribution is 8.15. The molecule has 1 unspecified atom stereocenters. The second kappa shape index (κ2) is 10.1. The van der Waals surface area contributed by atoms with Crippen molar-refractivity contribution in [2.45, 2.75) is 18.6 Å². The van der Waals surface area contributed by atoms with Gasteiger partial charge in [0.25, 0.3) is 0 Å². The lowest BCUT2D eigenvalue weighted by molar-refractivity contribution is -0.123. The molecule has 2 aromatic rings. The number of amides is 2. The molecule has 10 heteroatoms. The second-order valence-electron chi connectivity index (χ2n) is 6.52. The summed E-state index contributed by atoms with van der Waals surface area (Å²) in [6, 6.07) is 11.3. The Balaban J connectivity index is 1.69. The summed E-state index contributed by atoms with van der Waals surface area (Å²) in [5.41, 5.74) is 1.54. The summed E-state index contributed by atoms with van der Waals surface area (Å²) in [6.45, 7) is 1.66. The molecule has 162 valence electrons. The minimum absolute atomic E-state index is 0.0120. The van der Waals surface area contributed by atoms with Crippen molar-refractivity contribution in [2.24, 2.45) is 10.2 Å². The van der Waals surface area contributed by atoms with Crippen molar-refractivity contribution in [1.29, 1.82) is 0 Å². The van der Waals surface area contributed by atoms with E-state index in [-0.39, 0.29) is 29.2 Å². The molecule has 1 saturated heterocycles. The van der Waals surface area contributed by atoms with E-state index in [0.717, 1.165) is 11.8 Å². The molecule has 3 rings (SSSR count). The molecule has 0 aromatic heterocycles. The average molecular weight is 444 g/mol. The predicted molar refractivity (Wildman–Crippen MR) is 118 cm³/mol. The van der Waals surface area contributed by atoms with Crippen LogP contribution >= 0.6 is 11.8 Å². The van der Waals surface area contributed by atoms with Gasteiger partial charge in [-0.05, 0) is 49.4 Å². The maximum atomic E-state index is 13.9. The SMILES string of the molecule is COc1ccc(NC(=O)C2CC(=O)N/C(=N\N=C(/C)c3ccc(OC)c(F)c3)S2)cc1. The number of thioether (sulfide) groups is 1. The first-order chi connectivity index (χ1) is 14.9. The summed E-state index contributed by atoms with van der Waals surface area (Å²) >= 11 is 1.10. The van der Waals surface area contributed by atoms with Crippen molar-refractivity contribution in [3.05, 3.63) is 53.8 Å². The lowest BCUT2D eigenvalue weighted by Crippen LogP contribution is -2.41. The van der Waals surface area contributed by atoms with Gasteiger partial charge in [0.15, 0.2) is 16.7 Å². The summed E-state index contributed by atoms with van der Waals surface area (Å²) < 4.78 is 23.9. The zero-order chi connectivity index (χ0) is 22.4. The van der Waals surface area contributed by atoms with Gasteiger partial charge in [-0.3, -0.25) is 9.59 Å². The first-order valence-electron chi connectivity index (χ1n) is 9.27. The van der Waals surface area contributed by atoms with Gasteiger partial charge >= 0.3 is 0 Å². The highest BCUT2D eigenvalue weighted by Gasteiger charge is 2.30. The third-order valence-electron chi connectivity index (χ3n) is 4.38. The topological polar surface area (TPSA) is 101 Å². The Morgan fingerprint density at radius 3 is 2.58 bits per heavy atom. The smallest absolute Gasteiger partial charge is 0.238 e. The van der Waals surface area contributed by atoms with Crippen LogP contribution in [-0.2, 0) is 9.59 Å². The zero-order valence-corrected chi connectivity index (χ0v) is 18.0. The molecule has 8 nitrogen and oxygen atoms in total. The van der Waals surface area contributed by atoms with Gasteiger partial charge in [-0.25, -0.2) is 4.39 Å². The highest BCUT2D eigenvalue weighted by atomic mass is 32.2. The van der Waals surface area contributed by atoms with Crippen LogP contribution in [0.2, 0.25) is 0 Å². The minimum Gasteiger partial charge on any atom is -0.497 e. The monoisotopic (exact) mass is 444 g/mol. The van der Waals surface area contributed by atoms with Crippen LogP contribution in [0.1, 0.15) is 18.9 Å². The van der Waals surface area contributed by atoms with Crippen LogP contribution in [0.3, 0.4) is 0 Å². The first kappa shape index (κ1) is 22.3. The lowest BCUT2D eigenvalue weighted by Gasteiger charge is -2.21. The molecular weight excluding hydrogens is 423 g/mol. The molecular formula is C21H21FN4O4S. The molecule has 1 atom stereocenters. The largest absolute Gasteiger partial charge is 0.497 e. The number of ether oxygens (including phenoxy) is 2. The Kier molecular flexibility index (Phi) is 7.24. The summed E-state index contributed by atoms with van der Waals surface area (Å²) in [6.07, 6.45) is 0.0120. The van der Waals surface area contributed by atoms with E-state index in [0.29, 0.717) is 22.7 Å². The van der Waals surface area contributed by atoms with Gasteiger partial charge < -0.3 is 20.1 Å². The van der Waals surface area contributed by atoms with E-state index < -0.39 is 11.1 Å². The highest BCUT2D eigenvalue weighted by Crippen LogP contribution is 2.24. The van der Waals surface area contributed by atoms with Crippen molar-refractivity contribution in [2.75, 3.05) is 19.5 Å². The number of benzene rings is 2. The molecule has 0 aliphatic carbocycles. The van der Waals surface area contributed by atoms with E-state index in [1.807, 2.05) is 0 Å². The van der Waals surface area contributed by atoms with Gasteiger partial charge in [0.05, 0.1) is 19.9 Å². The van der Waals surface area contributed by atoms with Gasteiger partial charge in [-0.2, -0.15) is 5.10 Å². The molecule has 1 aliphatic heterocycles. The number of hydrogen-bond acceptors (Lipinski definition) is 7. The Morgan fingerprint density at radius 1 is 1.19 bits per heavy atom. The number of halogens is 1. The molecule has 2 amide bonds. The molecule has 0 spiro atoms. The first-order valence-corrected chi connectivity index (χ1v) is 10.1. The number of methoxy groups -OCH3 is 2. The van der Waals surface area contributed by atoms with Gasteiger partial charge in [-0.1, -0.05) is 11.8 Å². The zero-order valence-electron chi connectivity index (χ0n) is 17.1. The van der Waals surface area contributed by atoms with Crippen molar-refractivity contribution in [3.8, 4) is 11.5 Å². The van der Waals surface area contributed by atoms with Crippen molar-refractivity contribution in [3.63, 3.8) is 0 Å². The van der Waals surface area contributed by atoms with Crippen LogP contribution in [-0.4, -0.2) is 42.2 Å². The summed E-state index contributed by atoms with van der Waals surface area (Å²) in [4.78, 5) is 24.6. The van der Waals surface area contributed by atoms with Crippen molar-refractivity contribution in [1.82, 2.24) is 5.32 Å². The fourth-order valence-corrected chi connectivity index (χ4v) is 3.64. The van der Waals surface area contributed by atoms with Crippen LogP contribution in [0, 0.1) is 5.82 Å². The molecule has 0 radical (unpaired) electrons. The number of anilines is 1. The average Bonchev–Trinajstić information content (AvgIpc) is 2.77. The normalized spacial score (nSPS) is 17.8. The molecule has 31 heavy (non-hydrogen) atoms. The number of hydrogen-bond donors (Lipinski definition) is 2. The number of carbonyl (C=O) groups excluding carboxylic acids is 2. The van der Waals surface area contributed by atoms with Gasteiger partial charge in [0, 0.05) is 17.7 Å². The molecule has 2 N–H and O–H groups in total. The number of nitrogens with zero attached hydrogens (tertiary/aromatic N) is 2. The van der Waals surface area contributed by atoms with E-state index in [2.05, 4.69) is 20.8 Å². The maximum absolute atomic E-state index is 13.9. The van der Waals surface area contributed by atoms with Crippen LogP contribution in [0.25, 0.3) is 0 Å². The van der Waals surface area contributed by atoms with Crippen LogP contribution in [0.15, 0.2) is 52.7 Å². The summed E-state index contributed by atoms with van der Waals surface area (Å²) in [7, 11) is 2.94. The summed E-state index contributed by atoms with van der Waals surface area (Å²) in [5, 5.41) is 13.0. The Bertz CT molecular complexity index is 1040. The molecule has 0 saturated carbocycles. The number of nitrogens with one attached hydrogen (secondary N) is 2. The van der Waals surface area contributed by atoms with E-state index in [9.17, 15) is 14.0 Å². The minimum atomic E-state index is -0.663. The Labute approximate surface area is 182 Å². The maximum Gasteiger partial charge on any atom is 0.238 e. The van der Waals surface area contributed by atoms with E-state index >= 15 is 0 Å². The van der Waals surface area contributed by atoms with Crippen LogP contribution < -0.4 is 20.1 Å². The second-order valence-corrected chi connectivity index (χ2v) is 7.71. The number of amidine groups is 1. The Morgan fingerprint density at radius 2 is 1.94 bits per heavy atom.